The molecule has 0 bridgehead atoms. The van der Waals surface area contributed by atoms with E-state index in [9.17, 15) is 27.9 Å². The first kappa shape index (κ1) is 24.5. The van der Waals surface area contributed by atoms with Crippen LogP contribution in [0.25, 0.3) is 0 Å². The molecule has 7 nitrogen and oxygen atoms in total. The molecule has 0 saturated heterocycles. The third kappa shape index (κ3) is 6.69. The molecule has 1 aliphatic rings. The molecule has 0 fully saturated rings. The molecule has 1 aromatic carbocycles. The third-order valence-corrected chi connectivity index (χ3v) is 5.14. The monoisotopic (exact) mass is 483 g/mol. The molecule has 1 aliphatic heterocycles. The largest absolute Gasteiger partial charge is 0.480 e. The second kappa shape index (κ2) is 10.2. The van der Waals surface area contributed by atoms with Gasteiger partial charge in [-0.2, -0.15) is 13.2 Å². The molecule has 176 valence electrons. The third-order valence-electron chi connectivity index (χ3n) is 4.90. The second-order valence-corrected chi connectivity index (χ2v) is 7.88. The Morgan fingerprint density at radius 1 is 1.24 bits per heavy atom. The zero-order valence-electron chi connectivity index (χ0n) is 17.3. The van der Waals surface area contributed by atoms with Gasteiger partial charge in [-0.25, -0.2) is 0 Å². The molecule has 0 unspecified atom stereocenters. The number of nitrogens with one attached hydrogen (secondary N) is 2. The minimum Gasteiger partial charge on any atom is -0.480 e. The average molecular weight is 484 g/mol. The number of rotatable bonds is 7. The van der Waals surface area contributed by atoms with E-state index in [1.54, 1.807) is 18.2 Å². The normalized spacial score (nSPS) is 17.5. The van der Waals surface area contributed by atoms with E-state index in [1.807, 2.05) is 0 Å². The Morgan fingerprint density at radius 3 is 2.67 bits per heavy atom. The van der Waals surface area contributed by atoms with Gasteiger partial charge in [-0.15, -0.1) is 0 Å². The molecule has 2 aromatic rings. The summed E-state index contributed by atoms with van der Waals surface area (Å²) < 4.78 is 43.3. The fourth-order valence-corrected chi connectivity index (χ4v) is 3.32. The van der Waals surface area contributed by atoms with Crippen molar-refractivity contribution in [2.45, 2.75) is 44.2 Å². The number of amides is 2. The number of aliphatic hydroxyl groups excluding tert-OH is 1. The van der Waals surface area contributed by atoms with Crippen molar-refractivity contribution >= 4 is 23.4 Å². The molecule has 0 saturated carbocycles. The predicted molar refractivity (Wildman–Crippen MR) is 113 cm³/mol. The van der Waals surface area contributed by atoms with Gasteiger partial charge in [0.05, 0.1) is 23.9 Å². The van der Waals surface area contributed by atoms with Crippen LogP contribution >= 0.6 is 11.6 Å². The molecule has 0 radical (unpaired) electrons. The second-order valence-electron chi connectivity index (χ2n) is 7.45. The first-order chi connectivity index (χ1) is 15.5. The summed E-state index contributed by atoms with van der Waals surface area (Å²) in [6.07, 6.45) is -5.46. The quantitative estimate of drug-likeness (QED) is 0.558. The van der Waals surface area contributed by atoms with Gasteiger partial charge in [0.2, 0.25) is 5.91 Å². The van der Waals surface area contributed by atoms with Crippen molar-refractivity contribution in [3.05, 3.63) is 70.6 Å². The molecular weight excluding hydrogens is 463 g/mol. The molecule has 3 N–H and O–H groups in total. The maximum absolute atomic E-state index is 12.5. The highest BCUT2D eigenvalue weighted by atomic mass is 35.5. The zero-order chi connectivity index (χ0) is 24.2. The lowest BCUT2D eigenvalue weighted by molar-refractivity contribution is -0.138. The highest BCUT2D eigenvalue weighted by Crippen LogP contribution is 2.36. The molecular formula is C22H21ClF3N3O4. The summed E-state index contributed by atoms with van der Waals surface area (Å²) in [4.78, 5) is 28.1. The first-order valence-electron chi connectivity index (χ1n) is 9.94. The summed E-state index contributed by atoms with van der Waals surface area (Å²) in [6, 6.07) is 6.82. The fourth-order valence-electron chi connectivity index (χ4n) is 3.13. The summed E-state index contributed by atoms with van der Waals surface area (Å²) in [6.45, 7) is 3.69. The van der Waals surface area contributed by atoms with Crippen LogP contribution in [-0.4, -0.2) is 28.0 Å². The number of allylic oxidation sites excluding steroid dienone is 1. The lowest BCUT2D eigenvalue weighted by Gasteiger charge is -2.29. The van der Waals surface area contributed by atoms with Crippen molar-refractivity contribution in [1.82, 2.24) is 15.6 Å². The van der Waals surface area contributed by atoms with Crippen LogP contribution in [-0.2, 0) is 22.3 Å². The van der Waals surface area contributed by atoms with Crippen molar-refractivity contribution < 1.29 is 32.6 Å². The Balaban J connectivity index is 1.42. The van der Waals surface area contributed by atoms with E-state index in [0.717, 1.165) is 6.07 Å². The van der Waals surface area contributed by atoms with Crippen LogP contribution in [0.5, 0.6) is 5.75 Å². The number of alkyl halides is 3. The van der Waals surface area contributed by atoms with Gasteiger partial charge in [0.15, 0.2) is 6.10 Å². The fraction of sp³-hybridized carbons (Fsp3) is 0.318. The van der Waals surface area contributed by atoms with Gasteiger partial charge < -0.3 is 20.5 Å². The predicted octanol–water partition coefficient (Wildman–Crippen LogP) is 3.66. The van der Waals surface area contributed by atoms with E-state index in [2.05, 4.69) is 22.2 Å². The van der Waals surface area contributed by atoms with Crippen LogP contribution in [0.4, 0.5) is 13.2 Å². The van der Waals surface area contributed by atoms with Crippen molar-refractivity contribution in [3.63, 3.8) is 0 Å². The van der Waals surface area contributed by atoms with Crippen LogP contribution in [0.2, 0.25) is 5.02 Å². The number of halogens is 4. The Labute approximate surface area is 192 Å². The van der Waals surface area contributed by atoms with Crippen molar-refractivity contribution in [1.29, 1.82) is 0 Å². The highest BCUT2D eigenvalue weighted by Gasteiger charge is 2.32. The number of carbonyl (C=O) groups excluding carboxylic acids is 2. The van der Waals surface area contributed by atoms with Crippen LogP contribution in [0.15, 0.2) is 48.8 Å². The minimum absolute atomic E-state index is 0.00473. The SMILES string of the molecule is C=C(CCC(=O)NCc1ccc(C(F)(F)F)cn1)NC(=O)[C@H]1C[C@@H](O)c2cc(Cl)ccc2O1. The van der Waals surface area contributed by atoms with Crippen molar-refractivity contribution in [3.8, 4) is 5.75 Å². The Morgan fingerprint density at radius 2 is 2.00 bits per heavy atom. The number of fused-ring (bicyclic) bond motifs is 1. The van der Waals surface area contributed by atoms with Crippen LogP contribution in [0, 0.1) is 0 Å². The molecule has 3 rings (SSSR count). The summed E-state index contributed by atoms with van der Waals surface area (Å²) in [5.74, 6) is -0.531. The summed E-state index contributed by atoms with van der Waals surface area (Å²) in [5, 5.41) is 15.8. The van der Waals surface area contributed by atoms with Gasteiger partial charge in [-0.05, 0) is 36.8 Å². The van der Waals surface area contributed by atoms with Crippen molar-refractivity contribution in [2.24, 2.45) is 0 Å². The van der Waals surface area contributed by atoms with E-state index < -0.39 is 29.9 Å². The molecule has 2 amide bonds. The summed E-state index contributed by atoms with van der Waals surface area (Å²) >= 11 is 5.92. The molecule has 2 heterocycles. The number of pyridine rings is 1. The Bertz CT molecular complexity index is 1040. The number of hydrogen-bond donors (Lipinski definition) is 3. The van der Waals surface area contributed by atoms with Crippen LogP contribution in [0.1, 0.15) is 42.2 Å². The minimum atomic E-state index is -4.47. The molecule has 11 heteroatoms. The first-order valence-corrected chi connectivity index (χ1v) is 10.3. The maximum atomic E-state index is 12.5. The zero-order valence-corrected chi connectivity index (χ0v) is 18.0. The van der Waals surface area contributed by atoms with E-state index in [0.29, 0.717) is 22.5 Å². The van der Waals surface area contributed by atoms with E-state index in [1.165, 1.54) is 6.07 Å². The smallest absolute Gasteiger partial charge is 0.417 e. The summed E-state index contributed by atoms with van der Waals surface area (Å²) in [7, 11) is 0. The van der Waals surface area contributed by atoms with E-state index in [-0.39, 0.29) is 43.1 Å². The van der Waals surface area contributed by atoms with Gasteiger partial charge in [-0.1, -0.05) is 18.2 Å². The number of benzene rings is 1. The van der Waals surface area contributed by atoms with Crippen LogP contribution < -0.4 is 15.4 Å². The van der Waals surface area contributed by atoms with Gasteiger partial charge in [-0.3, -0.25) is 14.6 Å². The van der Waals surface area contributed by atoms with Gasteiger partial charge in [0.1, 0.15) is 5.75 Å². The number of carbonyl (C=O) groups is 2. The Kier molecular flexibility index (Phi) is 7.60. The van der Waals surface area contributed by atoms with Gasteiger partial charge in [0, 0.05) is 35.3 Å². The van der Waals surface area contributed by atoms with E-state index in [4.69, 9.17) is 16.3 Å². The van der Waals surface area contributed by atoms with E-state index >= 15 is 0 Å². The standard InChI is InChI=1S/C22H21ClF3N3O4/c1-12(2-7-20(31)28-11-15-5-3-13(10-27-15)22(24,25)26)29-21(32)19-9-17(30)16-8-14(23)4-6-18(16)33-19/h3-6,8,10,17,19,30H,1-2,7,9,11H2,(H,28,31)(H,29,32)/t17-,19-/m1/s1. The topological polar surface area (TPSA) is 101 Å². The number of nitrogens with zero attached hydrogens (tertiary/aromatic N) is 1. The molecule has 0 aliphatic carbocycles. The number of aliphatic hydroxyl groups is 1. The average Bonchev–Trinajstić information content (AvgIpc) is 2.76. The molecule has 2 atom stereocenters. The maximum Gasteiger partial charge on any atom is 0.417 e. The molecule has 0 spiro atoms. The highest BCUT2D eigenvalue weighted by molar-refractivity contribution is 6.30. The molecule has 1 aromatic heterocycles. The number of aromatic nitrogens is 1. The number of ether oxygens (including phenoxy) is 1. The van der Waals surface area contributed by atoms with Crippen LogP contribution in [0.3, 0.4) is 0 Å². The molecule has 33 heavy (non-hydrogen) atoms. The van der Waals surface area contributed by atoms with Gasteiger partial charge >= 0.3 is 6.18 Å². The Hall–Kier alpha value is -3.11. The van der Waals surface area contributed by atoms with Crippen molar-refractivity contribution in [2.75, 3.05) is 0 Å². The number of hydrogen-bond acceptors (Lipinski definition) is 5. The lowest BCUT2D eigenvalue weighted by Crippen LogP contribution is -2.41. The lowest BCUT2D eigenvalue weighted by atomic mass is 9.98. The summed E-state index contributed by atoms with van der Waals surface area (Å²) in [5.41, 5.74) is 0.191. The van der Waals surface area contributed by atoms with Gasteiger partial charge in [0.25, 0.3) is 5.91 Å².